The predicted molar refractivity (Wildman–Crippen MR) is 81.8 cm³/mol. The molecule has 2 heterocycles. The summed E-state index contributed by atoms with van der Waals surface area (Å²) in [7, 11) is 0. The summed E-state index contributed by atoms with van der Waals surface area (Å²) in [5.74, 6) is -3.20. The highest BCUT2D eigenvalue weighted by atomic mass is 79.9. The molecule has 1 saturated heterocycles. The van der Waals surface area contributed by atoms with Crippen LogP contribution in [0.3, 0.4) is 0 Å². The van der Waals surface area contributed by atoms with Crippen molar-refractivity contribution < 1.29 is 28.9 Å². The summed E-state index contributed by atoms with van der Waals surface area (Å²) >= 11 is 3.04. The minimum atomic E-state index is -2.33. The topological polar surface area (TPSA) is 145 Å². The number of aromatic nitrogens is 2. The molecule has 4 N–H and O–H groups in total. The molecule has 0 spiro atoms. The van der Waals surface area contributed by atoms with Crippen LogP contribution >= 0.6 is 15.9 Å². The van der Waals surface area contributed by atoms with Crippen molar-refractivity contribution in [3.8, 4) is 0 Å². The summed E-state index contributed by atoms with van der Waals surface area (Å²) in [4.78, 5) is 37.3. The van der Waals surface area contributed by atoms with Gasteiger partial charge in [0, 0.05) is 0 Å². The van der Waals surface area contributed by atoms with Gasteiger partial charge in [0.1, 0.15) is 12.2 Å². The van der Waals surface area contributed by atoms with Gasteiger partial charge in [-0.25, -0.2) is 9.18 Å². The second-order valence-corrected chi connectivity index (χ2v) is 6.44. The summed E-state index contributed by atoms with van der Waals surface area (Å²) in [5, 5.41) is 20.6. The molecule has 2 rings (SSSR count). The van der Waals surface area contributed by atoms with Crippen molar-refractivity contribution in [2.45, 2.75) is 42.7 Å². The SMILES string of the molecule is CC(=O)C(O)[C@H]1O[C@@H](n2cc(F)c(N)nc2=O)[C@H](Br)[C@@]1(O)C(C)=O. The number of ether oxygens (including phenoxy) is 1. The van der Waals surface area contributed by atoms with Crippen LogP contribution in [0.5, 0.6) is 0 Å². The van der Waals surface area contributed by atoms with Crippen molar-refractivity contribution in [1.29, 1.82) is 0 Å². The minimum absolute atomic E-state index is 0.623. The third-order valence-corrected chi connectivity index (χ3v) is 5.02. The zero-order chi connectivity index (χ0) is 18.4. The predicted octanol–water partition coefficient (Wildman–Crippen LogP) is -1.10. The maximum Gasteiger partial charge on any atom is 0.351 e. The summed E-state index contributed by atoms with van der Waals surface area (Å²) in [6.07, 6.45) is -4.19. The molecule has 1 aromatic heterocycles. The van der Waals surface area contributed by atoms with Crippen LogP contribution < -0.4 is 11.4 Å². The lowest BCUT2D eigenvalue weighted by atomic mass is 9.86. The summed E-state index contributed by atoms with van der Waals surface area (Å²) in [6.45, 7) is 2.08. The molecule has 1 aliphatic heterocycles. The molecule has 0 bridgehead atoms. The number of hydrogen-bond acceptors (Lipinski definition) is 8. The summed E-state index contributed by atoms with van der Waals surface area (Å²) < 4.78 is 19.7. The Morgan fingerprint density at radius 1 is 1.54 bits per heavy atom. The van der Waals surface area contributed by atoms with Gasteiger partial charge in [0.15, 0.2) is 35.0 Å². The molecular formula is C13H15BrFN3O6. The molecule has 0 amide bonds. The largest absolute Gasteiger partial charge is 0.382 e. The van der Waals surface area contributed by atoms with Crippen LogP contribution in [-0.2, 0) is 14.3 Å². The fourth-order valence-electron chi connectivity index (χ4n) is 2.47. The molecule has 5 atom stereocenters. The van der Waals surface area contributed by atoms with E-state index in [1.165, 1.54) is 0 Å². The minimum Gasteiger partial charge on any atom is -0.382 e. The van der Waals surface area contributed by atoms with Gasteiger partial charge in [-0.3, -0.25) is 14.2 Å². The van der Waals surface area contributed by atoms with Gasteiger partial charge in [-0.05, 0) is 13.8 Å². The van der Waals surface area contributed by atoms with Crippen LogP contribution in [0.1, 0.15) is 20.1 Å². The van der Waals surface area contributed by atoms with Crippen molar-refractivity contribution >= 4 is 33.3 Å². The highest BCUT2D eigenvalue weighted by molar-refractivity contribution is 9.09. The first kappa shape index (κ1) is 18.6. The van der Waals surface area contributed by atoms with E-state index in [0.717, 1.165) is 13.8 Å². The van der Waals surface area contributed by atoms with E-state index >= 15 is 0 Å². The van der Waals surface area contributed by atoms with Gasteiger partial charge in [0.2, 0.25) is 0 Å². The fraction of sp³-hybridized carbons (Fsp3) is 0.538. The Kier molecular flexibility index (Phi) is 4.91. The maximum absolute atomic E-state index is 13.6. The number of ketones is 2. The molecular weight excluding hydrogens is 393 g/mol. The zero-order valence-corrected chi connectivity index (χ0v) is 14.2. The Labute approximate surface area is 143 Å². The molecule has 0 aliphatic carbocycles. The number of nitrogen functional groups attached to an aromatic ring is 1. The second-order valence-electron chi connectivity index (χ2n) is 5.45. The maximum atomic E-state index is 13.6. The number of aliphatic hydroxyl groups is 2. The molecule has 0 saturated carbocycles. The first-order valence-electron chi connectivity index (χ1n) is 6.77. The van der Waals surface area contributed by atoms with Gasteiger partial charge in [-0.2, -0.15) is 4.98 Å². The molecule has 24 heavy (non-hydrogen) atoms. The number of nitrogens with two attached hydrogens (primary N) is 1. The number of anilines is 1. The number of rotatable bonds is 4. The lowest BCUT2D eigenvalue weighted by molar-refractivity contribution is -0.158. The van der Waals surface area contributed by atoms with E-state index < -0.39 is 57.8 Å². The van der Waals surface area contributed by atoms with Gasteiger partial charge < -0.3 is 20.7 Å². The molecule has 132 valence electrons. The standard InChI is InChI=1S/C13H15BrFN3O6/c1-4(19)7(21)9-13(23,5(2)20)8(14)11(24-9)18-3-6(15)10(16)17-12(18)22/h3,7-9,11,21,23H,1-2H3,(H2,16,17,22)/t7?,8-,9+,11+,13-/m0/s1. The normalized spacial score (nSPS) is 31.0. The molecule has 11 heteroatoms. The fourth-order valence-corrected chi connectivity index (χ4v) is 3.43. The van der Waals surface area contributed by atoms with Crippen molar-refractivity contribution in [2.24, 2.45) is 0 Å². The van der Waals surface area contributed by atoms with E-state index in [1.807, 2.05) is 0 Å². The number of Topliss-reactive ketones (excluding diaryl/α,β-unsaturated/α-hetero) is 2. The molecule has 1 aliphatic rings. The number of carbonyl (C=O) groups is 2. The molecule has 0 radical (unpaired) electrons. The number of aliphatic hydroxyl groups excluding tert-OH is 1. The highest BCUT2D eigenvalue weighted by Gasteiger charge is 2.61. The molecule has 1 unspecified atom stereocenters. The van der Waals surface area contributed by atoms with E-state index in [0.29, 0.717) is 10.8 Å². The lowest BCUT2D eigenvalue weighted by Crippen LogP contribution is -2.56. The van der Waals surface area contributed by atoms with E-state index in [2.05, 4.69) is 20.9 Å². The van der Waals surface area contributed by atoms with Crippen molar-refractivity contribution in [1.82, 2.24) is 9.55 Å². The van der Waals surface area contributed by atoms with Gasteiger partial charge in [-0.1, -0.05) is 15.9 Å². The monoisotopic (exact) mass is 407 g/mol. The van der Waals surface area contributed by atoms with Crippen molar-refractivity contribution in [3.05, 3.63) is 22.5 Å². The average molecular weight is 408 g/mol. The smallest absolute Gasteiger partial charge is 0.351 e. The molecule has 0 aromatic carbocycles. The van der Waals surface area contributed by atoms with Crippen LogP contribution in [0.25, 0.3) is 0 Å². The second kappa shape index (κ2) is 6.31. The van der Waals surface area contributed by atoms with E-state index in [9.17, 15) is 29.0 Å². The summed E-state index contributed by atoms with van der Waals surface area (Å²) in [5.41, 5.74) is 1.88. The van der Waals surface area contributed by atoms with Gasteiger partial charge in [0.25, 0.3) is 0 Å². The Balaban J connectivity index is 2.55. The molecule has 9 nitrogen and oxygen atoms in total. The van der Waals surface area contributed by atoms with Crippen LogP contribution in [0.15, 0.2) is 11.0 Å². The molecule has 1 fully saturated rings. The first-order valence-corrected chi connectivity index (χ1v) is 7.69. The van der Waals surface area contributed by atoms with Gasteiger partial charge >= 0.3 is 5.69 Å². The van der Waals surface area contributed by atoms with E-state index in [-0.39, 0.29) is 0 Å². The van der Waals surface area contributed by atoms with Crippen molar-refractivity contribution in [2.75, 3.05) is 5.73 Å². The average Bonchev–Trinajstić information content (AvgIpc) is 2.76. The lowest BCUT2D eigenvalue weighted by Gasteiger charge is -2.30. The number of carbonyl (C=O) groups excluding carboxylic acids is 2. The number of hydrogen-bond donors (Lipinski definition) is 3. The Morgan fingerprint density at radius 3 is 2.62 bits per heavy atom. The number of halogens is 2. The van der Waals surface area contributed by atoms with E-state index in [1.54, 1.807) is 0 Å². The molecule has 1 aromatic rings. The number of alkyl halides is 1. The van der Waals surface area contributed by atoms with Crippen LogP contribution in [-0.4, -0.2) is 54.0 Å². The van der Waals surface area contributed by atoms with E-state index in [4.69, 9.17) is 10.5 Å². The zero-order valence-electron chi connectivity index (χ0n) is 12.6. The van der Waals surface area contributed by atoms with Crippen LogP contribution in [0.4, 0.5) is 10.2 Å². The summed E-state index contributed by atoms with van der Waals surface area (Å²) in [6, 6.07) is 0. The van der Waals surface area contributed by atoms with Gasteiger partial charge in [0.05, 0.1) is 11.0 Å². The Hall–Kier alpha value is -1.69. The van der Waals surface area contributed by atoms with Crippen LogP contribution in [0, 0.1) is 5.82 Å². The van der Waals surface area contributed by atoms with Crippen LogP contribution in [0.2, 0.25) is 0 Å². The first-order chi connectivity index (χ1) is 11.0. The third-order valence-electron chi connectivity index (χ3n) is 3.87. The Morgan fingerprint density at radius 2 is 2.12 bits per heavy atom. The Bertz CT molecular complexity index is 756. The third kappa shape index (κ3) is 2.77. The van der Waals surface area contributed by atoms with Gasteiger partial charge in [-0.15, -0.1) is 0 Å². The highest BCUT2D eigenvalue weighted by Crippen LogP contribution is 2.43. The van der Waals surface area contributed by atoms with Crippen molar-refractivity contribution in [3.63, 3.8) is 0 Å². The quantitative estimate of drug-likeness (QED) is 0.533. The number of nitrogens with zero attached hydrogens (tertiary/aromatic N) is 2.